The van der Waals surface area contributed by atoms with E-state index in [0.29, 0.717) is 6.54 Å². The predicted octanol–water partition coefficient (Wildman–Crippen LogP) is 7.16. The highest BCUT2D eigenvalue weighted by atomic mass is 31.1. The van der Waals surface area contributed by atoms with E-state index in [4.69, 9.17) is 14.0 Å². The van der Waals surface area contributed by atoms with Crippen molar-refractivity contribution in [3.63, 3.8) is 0 Å². The first-order chi connectivity index (χ1) is 22.1. The standard InChI is InChI=1S/C38H52N3O4P/c1-29(2)35(42)40-25-18-26-46-45-28-36(27-39,41(30(3)4)31(5)6)38(43-7,44-8)37(32-19-12-9-13-20-32,33-21-14-10-15-22-33)34-23-16-11-17-24-34/h9-17,19-24,29-31,46H,18,25-26,28H2,1-8H3,(H,40,42). The minimum Gasteiger partial charge on any atom is -0.359 e. The molecule has 3 aromatic rings. The van der Waals surface area contributed by atoms with E-state index in [1.54, 1.807) is 14.2 Å². The molecule has 2 unspecified atom stereocenters. The van der Waals surface area contributed by atoms with Crippen molar-refractivity contribution < 1.29 is 18.8 Å². The van der Waals surface area contributed by atoms with Gasteiger partial charge < -0.3 is 19.3 Å². The molecule has 0 radical (unpaired) electrons. The van der Waals surface area contributed by atoms with Crippen LogP contribution >= 0.6 is 8.81 Å². The Hall–Kier alpha value is -3.11. The van der Waals surface area contributed by atoms with Crippen molar-refractivity contribution >= 4 is 14.7 Å². The number of carbonyl (C=O) groups excluding carboxylic acids is 1. The summed E-state index contributed by atoms with van der Waals surface area (Å²) in [6.07, 6.45) is 1.52. The van der Waals surface area contributed by atoms with E-state index in [2.05, 4.69) is 80.4 Å². The fourth-order valence-corrected chi connectivity index (χ4v) is 7.73. The Morgan fingerprint density at radius 1 is 0.804 bits per heavy atom. The summed E-state index contributed by atoms with van der Waals surface area (Å²) in [6.45, 7) is 12.8. The predicted molar refractivity (Wildman–Crippen MR) is 188 cm³/mol. The van der Waals surface area contributed by atoms with Crippen LogP contribution in [0.15, 0.2) is 91.0 Å². The second kappa shape index (κ2) is 17.2. The van der Waals surface area contributed by atoms with E-state index in [1.165, 1.54) is 0 Å². The van der Waals surface area contributed by atoms with Gasteiger partial charge in [0.2, 0.25) is 11.7 Å². The fraction of sp³-hybridized carbons (Fsp3) is 0.474. The highest BCUT2D eigenvalue weighted by Crippen LogP contribution is 2.56. The van der Waals surface area contributed by atoms with Crippen LogP contribution in [0.25, 0.3) is 0 Å². The van der Waals surface area contributed by atoms with Crippen LogP contribution in [0.4, 0.5) is 0 Å². The number of amides is 1. The third kappa shape index (κ3) is 7.23. The summed E-state index contributed by atoms with van der Waals surface area (Å²) in [5.41, 5.74) is 0.204. The lowest BCUT2D eigenvalue weighted by Crippen LogP contribution is -2.77. The van der Waals surface area contributed by atoms with Gasteiger partial charge in [-0.2, -0.15) is 5.26 Å². The molecule has 8 heteroatoms. The van der Waals surface area contributed by atoms with Crippen molar-refractivity contribution in [2.45, 2.75) is 76.8 Å². The number of rotatable bonds is 18. The Kier molecular flexibility index (Phi) is 13.9. The number of hydrogen-bond acceptors (Lipinski definition) is 6. The van der Waals surface area contributed by atoms with Crippen molar-refractivity contribution in [2.75, 3.05) is 33.5 Å². The summed E-state index contributed by atoms with van der Waals surface area (Å²) < 4.78 is 20.1. The van der Waals surface area contributed by atoms with E-state index in [0.717, 1.165) is 29.3 Å². The molecular weight excluding hydrogens is 593 g/mol. The third-order valence-electron chi connectivity index (χ3n) is 8.63. The van der Waals surface area contributed by atoms with Crippen LogP contribution in [-0.2, 0) is 24.2 Å². The molecule has 1 amide bonds. The summed E-state index contributed by atoms with van der Waals surface area (Å²) in [6, 6.07) is 33.2. The van der Waals surface area contributed by atoms with Crippen LogP contribution in [0.3, 0.4) is 0 Å². The number of nitrogens with zero attached hydrogens (tertiary/aromatic N) is 2. The van der Waals surface area contributed by atoms with Gasteiger partial charge in [0.05, 0.1) is 12.7 Å². The lowest BCUT2D eigenvalue weighted by molar-refractivity contribution is -0.300. The molecule has 3 rings (SSSR count). The summed E-state index contributed by atoms with van der Waals surface area (Å²) in [7, 11) is 3.38. The average Bonchev–Trinajstić information content (AvgIpc) is 3.07. The summed E-state index contributed by atoms with van der Waals surface area (Å²) in [5, 5.41) is 14.6. The fourth-order valence-electron chi connectivity index (χ4n) is 6.96. The molecule has 0 bridgehead atoms. The van der Waals surface area contributed by atoms with Crippen LogP contribution < -0.4 is 5.32 Å². The van der Waals surface area contributed by atoms with Crippen molar-refractivity contribution in [1.82, 2.24) is 10.2 Å². The number of ether oxygens (including phenoxy) is 2. The molecule has 46 heavy (non-hydrogen) atoms. The van der Waals surface area contributed by atoms with E-state index < -0.39 is 16.7 Å². The zero-order chi connectivity index (χ0) is 33.8. The lowest BCUT2D eigenvalue weighted by Gasteiger charge is -2.60. The Morgan fingerprint density at radius 2 is 1.24 bits per heavy atom. The monoisotopic (exact) mass is 645 g/mol. The van der Waals surface area contributed by atoms with Crippen molar-refractivity contribution in [3.05, 3.63) is 108 Å². The minimum atomic E-state index is -1.62. The number of carbonyl (C=O) groups is 1. The molecule has 2 atom stereocenters. The van der Waals surface area contributed by atoms with Gasteiger partial charge in [-0.15, -0.1) is 0 Å². The number of nitriles is 1. The molecule has 248 valence electrons. The molecule has 3 aromatic carbocycles. The van der Waals surface area contributed by atoms with E-state index in [9.17, 15) is 10.1 Å². The summed E-state index contributed by atoms with van der Waals surface area (Å²) in [5.74, 6) is -1.63. The lowest BCUT2D eigenvalue weighted by atomic mass is 9.58. The average molecular weight is 646 g/mol. The van der Waals surface area contributed by atoms with E-state index in [1.807, 2.05) is 68.4 Å². The molecular formula is C38H52N3O4P. The molecule has 0 fully saturated rings. The summed E-state index contributed by atoms with van der Waals surface area (Å²) >= 11 is 0. The smallest absolute Gasteiger partial charge is 0.222 e. The maximum atomic E-state index is 12.0. The number of benzene rings is 3. The molecule has 0 spiro atoms. The van der Waals surface area contributed by atoms with Gasteiger partial charge in [-0.1, -0.05) is 105 Å². The van der Waals surface area contributed by atoms with Gasteiger partial charge in [0.15, 0.2) is 5.54 Å². The van der Waals surface area contributed by atoms with E-state index in [-0.39, 0.29) is 39.3 Å². The topological polar surface area (TPSA) is 83.8 Å². The first-order valence-electron chi connectivity index (χ1n) is 16.2. The molecule has 0 saturated carbocycles. The zero-order valence-corrected chi connectivity index (χ0v) is 29.7. The number of methoxy groups -OCH3 is 2. The normalized spacial score (nSPS) is 13.9. The number of hydrogen-bond donors (Lipinski definition) is 1. The van der Waals surface area contributed by atoms with Gasteiger partial charge in [-0.25, -0.2) is 0 Å². The Balaban J connectivity index is 2.31. The van der Waals surface area contributed by atoms with E-state index >= 15 is 0 Å². The molecule has 0 aliphatic rings. The Bertz CT molecular complexity index is 1270. The van der Waals surface area contributed by atoms with Gasteiger partial charge in [0, 0.05) is 47.6 Å². The Labute approximate surface area is 278 Å². The SMILES string of the molecule is COC(OC)(C(c1ccccc1)(c1ccccc1)c1ccccc1)C(C#N)(COPCCCNC(=O)C(C)C)N(C(C)C)C(C)C. The maximum Gasteiger partial charge on any atom is 0.222 e. The van der Waals surface area contributed by atoms with Gasteiger partial charge >= 0.3 is 0 Å². The highest BCUT2D eigenvalue weighted by Gasteiger charge is 2.70. The van der Waals surface area contributed by atoms with Gasteiger partial charge in [0.1, 0.15) is 5.41 Å². The second-order valence-electron chi connectivity index (χ2n) is 12.4. The van der Waals surface area contributed by atoms with Gasteiger partial charge in [-0.05, 0) is 57.0 Å². The molecule has 0 aliphatic carbocycles. The molecule has 7 nitrogen and oxygen atoms in total. The maximum absolute atomic E-state index is 12.0. The quantitative estimate of drug-likeness (QED) is 0.0684. The van der Waals surface area contributed by atoms with Crippen LogP contribution in [-0.4, -0.2) is 67.7 Å². The number of nitrogens with one attached hydrogen (secondary N) is 1. The second-order valence-corrected chi connectivity index (χ2v) is 13.5. The van der Waals surface area contributed by atoms with Crippen molar-refractivity contribution in [3.8, 4) is 6.07 Å². The molecule has 0 heterocycles. The molecule has 0 aromatic heterocycles. The van der Waals surface area contributed by atoms with Gasteiger partial charge in [-0.3, -0.25) is 9.69 Å². The van der Waals surface area contributed by atoms with Crippen molar-refractivity contribution in [2.24, 2.45) is 5.92 Å². The molecule has 0 saturated heterocycles. The molecule has 1 N–H and O–H groups in total. The Morgan fingerprint density at radius 3 is 1.59 bits per heavy atom. The first-order valence-corrected chi connectivity index (χ1v) is 17.3. The van der Waals surface area contributed by atoms with Gasteiger partial charge in [0.25, 0.3) is 0 Å². The highest BCUT2D eigenvalue weighted by molar-refractivity contribution is 7.32. The van der Waals surface area contributed by atoms with Crippen LogP contribution in [0.5, 0.6) is 0 Å². The first kappa shape index (κ1) is 37.3. The summed E-state index contributed by atoms with van der Waals surface area (Å²) in [4.78, 5) is 14.2. The van der Waals surface area contributed by atoms with Crippen LogP contribution in [0.1, 0.15) is 64.7 Å². The van der Waals surface area contributed by atoms with Crippen LogP contribution in [0.2, 0.25) is 0 Å². The largest absolute Gasteiger partial charge is 0.359 e. The molecule has 0 aliphatic heterocycles. The van der Waals surface area contributed by atoms with Crippen molar-refractivity contribution in [1.29, 1.82) is 5.26 Å². The minimum absolute atomic E-state index is 0.0343. The van der Waals surface area contributed by atoms with Crippen LogP contribution in [0, 0.1) is 17.2 Å². The third-order valence-corrected chi connectivity index (χ3v) is 9.54. The zero-order valence-electron chi connectivity index (χ0n) is 28.7.